The van der Waals surface area contributed by atoms with E-state index in [-0.39, 0.29) is 60.6 Å². The van der Waals surface area contributed by atoms with E-state index < -0.39 is 24.3 Å². The van der Waals surface area contributed by atoms with Gasteiger partial charge in [0.15, 0.2) is 0 Å². The van der Waals surface area contributed by atoms with Gasteiger partial charge >= 0.3 is 11.9 Å². The fourth-order valence-corrected chi connectivity index (χ4v) is 5.74. The minimum atomic E-state index is -0.921. The summed E-state index contributed by atoms with van der Waals surface area (Å²) in [6, 6.07) is 3.14. The van der Waals surface area contributed by atoms with Gasteiger partial charge in [-0.3, -0.25) is 4.79 Å². The summed E-state index contributed by atoms with van der Waals surface area (Å²) in [6.07, 6.45) is 8.11. The Morgan fingerprint density at radius 3 is 2.56 bits per heavy atom. The number of carboxylic acids is 1. The van der Waals surface area contributed by atoms with Crippen molar-refractivity contribution in [1.82, 2.24) is 4.98 Å². The van der Waals surface area contributed by atoms with Gasteiger partial charge in [-0.05, 0) is 43.9 Å². The highest BCUT2D eigenvalue weighted by atomic mass is 16.6. The normalized spacial score (nSPS) is 35.0. The number of rotatable bonds is 6. The van der Waals surface area contributed by atoms with Crippen molar-refractivity contribution in [3.05, 3.63) is 47.8 Å². The van der Waals surface area contributed by atoms with Gasteiger partial charge in [-0.2, -0.15) is 0 Å². The number of ether oxygens (including phenoxy) is 4. The molecule has 4 rings (SSSR count). The molecule has 10 nitrogen and oxygen atoms in total. The standard InChI is InChI=1S/C24H38O7.C5H5NO2/c1-14-9-15(2)24(20(26)13-29-4)31-22(27)8-7-16-5-6-17-10-19(25)18(12-28-3)11-21(17)30-23(14)16;7-5(8)4-2-1-3-6-4/h5-6,9,15-21,23-26H,7-8,10-13H2,1-4H3;1-3,6H,(H,7,8)/b14-9+;/t15?,16?,17-,18-,19?,20?,21?,23+,24?;/m1./s1. The predicted octanol–water partition coefficient (Wildman–Crippen LogP) is 2.97. The van der Waals surface area contributed by atoms with Gasteiger partial charge in [0, 0.05) is 50.5 Å². The van der Waals surface area contributed by atoms with E-state index in [9.17, 15) is 19.8 Å². The molecule has 218 valence electrons. The third-order valence-electron chi connectivity index (χ3n) is 7.75. The number of methoxy groups -OCH3 is 2. The number of H-pyrrole nitrogens is 1. The Morgan fingerprint density at radius 2 is 1.95 bits per heavy atom. The van der Waals surface area contributed by atoms with E-state index in [2.05, 4.69) is 30.1 Å². The van der Waals surface area contributed by atoms with E-state index in [0.29, 0.717) is 19.4 Å². The lowest BCUT2D eigenvalue weighted by Gasteiger charge is -2.39. The fraction of sp³-hybridized carbons (Fsp3) is 0.655. The summed E-state index contributed by atoms with van der Waals surface area (Å²) in [5.74, 6) is -1.16. The van der Waals surface area contributed by atoms with E-state index in [4.69, 9.17) is 24.1 Å². The molecular weight excluding hydrogens is 506 g/mol. The number of aromatic amines is 1. The molecule has 0 aromatic carbocycles. The molecule has 3 aliphatic rings. The number of hydrogen-bond donors (Lipinski definition) is 4. The molecule has 0 spiro atoms. The van der Waals surface area contributed by atoms with Crippen LogP contribution in [-0.4, -0.2) is 90.2 Å². The van der Waals surface area contributed by atoms with Crippen LogP contribution in [0.1, 0.15) is 50.0 Å². The van der Waals surface area contributed by atoms with Crippen LogP contribution in [0.4, 0.5) is 0 Å². The van der Waals surface area contributed by atoms with Crippen molar-refractivity contribution in [2.45, 2.75) is 70.1 Å². The van der Waals surface area contributed by atoms with Gasteiger partial charge in [-0.15, -0.1) is 0 Å². The van der Waals surface area contributed by atoms with Gasteiger partial charge in [0.05, 0.1) is 31.5 Å². The zero-order chi connectivity index (χ0) is 28.5. The molecule has 1 aliphatic carbocycles. The number of carboxylic acid groups (broad SMARTS) is 1. The second-order valence-corrected chi connectivity index (χ2v) is 10.7. The van der Waals surface area contributed by atoms with Gasteiger partial charge < -0.3 is 39.3 Å². The highest BCUT2D eigenvalue weighted by molar-refractivity contribution is 5.85. The Hall–Kier alpha value is -2.50. The predicted molar refractivity (Wildman–Crippen MR) is 143 cm³/mol. The van der Waals surface area contributed by atoms with Crippen molar-refractivity contribution in [1.29, 1.82) is 0 Å². The highest BCUT2D eigenvalue weighted by Gasteiger charge is 2.41. The number of aliphatic hydroxyl groups excluding tert-OH is 2. The largest absolute Gasteiger partial charge is 0.477 e. The van der Waals surface area contributed by atoms with E-state index in [1.165, 1.54) is 13.2 Å². The molecule has 4 N–H and O–H groups in total. The number of esters is 1. The van der Waals surface area contributed by atoms with Crippen LogP contribution < -0.4 is 0 Å². The van der Waals surface area contributed by atoms with Gasteiger partial charge in [0.2, 0.25) is 0 Å². The summed E-state index contributed by atoms with van der Waals surface area (Å²) in [6.45, 7) is 4.61. The smallest absolute Gasteiger partial charge is 0.352 e. The van der Waals surface area contributed by atoms with Crippen molar-refractivity contribution >= 4 is 11.9 Å². The van der Waals surface area contributed by atoms with Crippen LogP contribution in [0.5, 0.6) is 0 Å². The minimum absolute atomic E-state index is 0.00164. The van der Waals surface area contributed by atoms with E-state index in [1.807, 2.05) is 6.92 Å². The van der Waals surface area contributed by atoms with Crippen molar-refractivity contribution in [3.8, 4) is 0 Å². The van der Waals surface area contributed by atoms with E-state index in [1.54, 1.807) is 19.4 Å². The van der Waals surface area contributed by atoms with Crippen molar-refractivity contribution < 1.29 is 43.9 Å². The molecule has 1 aromatic rings. The third-order valence-corrected chi connectivity index (χ3v) is 7.75. The molecule has 1 saturated carbocycles. The second-order valence-electron chi connectivity index (χ2n) is 10.7. The molecule has 0 bridgehead atoms. The third kappa shape index (κ3) is 8.49. The first-order chi connectivity index (χ1) is 18.6. The average molecular weight is 550 g/mol. The van der Waals surface area contributed by atoms with Crippen LogP contribution in [0, 0.1) is 23.7 Å². The SMILES string of the molecule is COCC(O)C1OC(=O)CCC2C=C[C@@H]3CC(O)[C@@H](COC)CC3O[C@H]2/C(C)=C/C1C.O=C(O)c1ccc[nH]1. The Balaban J connectivity index is 0.000000449. The van der Waals surface area contributed by atoms with Crippen LogP contribution in [-0.2, 0) is 23.7 Å². The Morgan fingerprint density at radius 1 is 1.21 bits per heavy atom. The number of nitrogens with one attached hydrogen (secondary N) is 1. The summed E-state index contributed by atoms with van der Waals surface area (Å²) in [7, 11) is 3.17. The number of fused-ring (bicyclic) bond motifs is 2. The lowest BCUT2D eigenvalue weighted by atomic mass is 9.78. The van der Waals surface area contributed by atoms with E-state index >= 15 is 0 Å². The van der Waals surface area contributed by atoms with Crippen LogP contribution in [0.3, 0.4) is 0 Å². The molecule has 1 aromatic heterocycles. The average Bonchev–Trinajstić information content (AvgIpc) is 3.38. The first-order valence-electron chi connectivity index (χ1n) is 13.6. The first kappa shape index (κ1) is 31.0. The first-order valence-corrected chi connectivity index (χ1v) is 13.6. The number of hydrogen-bond acceptors (Lipinski definition) is 8. The Labute approximate surface area is 230 Å². The maximum atomic E-state index is 12.5. The zero-order valence-electron chi connectivity index (χ0n) is 23.2. The second kappa shape index (κ2) is 14.8. The zero-order valence-corrected chi connectivity index (χ0v) is 23.2. The Bertz CT molecular complexity index is 975. The van der Waals surface area contributed by atoms with Crippen LogP contribution >= 0.6 is 0 Å². The summed E-state index contributed by atoms with van der Waals surface area (Å²) < 4.78 is 22.7. The summed E-state index contributed by atoms with van der Waals surface area (Å²) in [4.78, 5) is 25.1. The van der Waals surface area contributed by atoms with Crippen molar-refractivity contribution in [2.24, 2.45) is 23.7 Å². The summed E-state index contributed by atoms with van der Waals surface area (Å²) in [5, 5.41) is 29.2. The summed E-state index contributed by atoms with van der Waals surface area (Å²) >= 11 is 0. The van der Waals surface area contributed by atoms with Gasteiger partial charge in [-0.1, -0.05) is 25.2 Å². The van der Waals surface area contributed by atoms with Crippen LogP contribution in [0.2, 0.25) is 0 Å². The molecule has 0 saturated heterocycles. The number of aliphatic hydroxyl groups is 2. The monoisotopic (exact) mass is 549 g/mol. The molecule has 0 radical (unpaired) electrons. The molecule has 3 heterocycles. The molecule has 10 heteroatoms. The molecule has 39 heavy (non-hydrogen) atoms. The van der Waals surface area contributed by atoms with E-state index in [0.717, 1.165) is 12.0 Å². The van der Waals surface area contributed by atoms with Crippen molar-refractivity contribution in [3.63, 3.8) is 0 Å². The number of carbonyl (C=O) groups excluding carboxylic acids is 1. The molecule has 9 atom stereocenters. The molecule has 2 aliphatic heterocycles. The quantitative estimate of drug-likeness (QED) is 0.310. The molecule has 6 unspecified atom stereocenters. The Kier molecular flexibility index (Phi) is 11.7. The van der Waals surface area contributed by atoms with Gasteiger partial charge in [0.1, 0.15) is 17.9 Å². The molecule has 1 fully saturated rings. The maximum absolute atomic E-state index is 12.5. The lowest BCUT2D eigenvalue weighted by Crippen LogP contribution is -2.43. The van der Waals surface area contributed by atoms with Gasteiger partial charge in [-0.25, -0.2) is 4.79 Å². The van der Waals surface area contributed by atoms with Gasteiger partial charge in [0.25, 0.3) is 0 Å². The number of aromatic nitrogens is 1. The number of aromatic carboxylic acids is 1. The number of carbonyl (C=O) groups is 2. The summed E-state index contributed by atoms with van der Waals surface area (Å²) in [5.41, 5.74) is 1.30. The van der Waals surface area contributed by atoms with Crippen molar-refractivity contribution in [2.75, 3.05) is 27.4 Å². The van der Waals surface area contributed by atoms with Crippen LogP contribution in [0.25, 0.3) is 0 Å². The number of cyclic esters (lactones) is 1. The van der Waals surface area contributed by atoms with Crippen LogP contribution in [0.15, 0.2) is 42.1 Å². The fourth-order valence-electron chi connectivity index (χ4n) is 5.74. The lowest BCUT2D eigenvalue weighted by molar-refractivity contribution is -0.161. The minimum Gasteiger partial charge on any atom is -0.477 e. The molecule has 0 amide bonds. The maximum Gasteiger partial charge on any atom is 0.352 e. The molecular formula is C29H43NO9. The topological polar surface area (TPSA) is 148 Å². The highest BCUT2D eigenvalue weighted by Crippen LogP contribution is 2.39.